The van der Waals surface area contributed by atoms with Crippen LogP contribution in [0.1, 0.15) is 31.7 Å². The summed E-state index contributed by atoms with van der Waals surface area (Å²) in [6, 6.07) is 8.55. The van der Waals surface area contributed by atoms with E-state index in [0.717, 1.165) is 25.8 Å². The Morgan fingerprint density at radius 1 is 1.31 bits per heavy atom. The Hall–Kier alpha value is -1.02. The van der Waals surface area contributed by atoms with Crippen LogP contribution in [0.15, 0.2) is 24.3 Å². The third-order valence-corrected chi connectivity index (χ3v) is 2.81. The molecule has 1 aromatic rings. The van der Waals surface area contributed by atoms with E-state index in [4.69, 9.17) is 5.11 Å². The summed E-state index contributed by atoms with van der Waals surface area (Å²) in [5, 5.41) is 9.16. The topological polar surface area (TPSA) is 23.5 Å². The second-order valence-corrected chi connectivity index (χ2v) is 4.61. The smallest absolute Gasteiger partial charge is 0.0512 e. The lowest BCUT2D eigenvalue weighted by Crippen LogP contribution is -2.18. The Morgan fingerprint density at radius 2 is 2.06 bits per heavy atom. The molecule has 0 radical (unpaired) electrons. The van der Waals surface area contributed by atoms with Crippen LogP contribution >= 0.6 is 0 Å². The fourth-order valence-electron chi connectivity index (χ4n) is 1.78. The van der Waals surface area contributed by atoms with E-state index in [1.165, 1.54) is 11.3 Å². The van der Waals surface area contributed by atoms with Crippen molar-refractivity contribution in [2.24, 2.45) is 0 Å². The number of hydrogen-bond donors (Lipinski definition) is 1. The van der Waals surface area contributed by atoms with Crippen molar-refractivity contribution in [3.05, 3.63) is 29.8 Å². The number of aliphatic hydroxyl groups excluding tert-OH is 1. The number of unbranched alkanes of at least 4 members (excludes halogenated alkanes) is 1. The monoisotopic (exact) mass is 221 g/mol. The van der Waals surface area contributed by atoms with Crippen LogP contribution in [0.3, 0.4) is 0 Å². The molecule has 0 spiro atoms. The lowest BCUT2D eigenvalue weighted by Gasteiger charge is -2.19. The standard InChI is InChI=1S/C14H23NO/c1-12-7-6-9-14(11-12)15(3)10-5-4-8-13(2)16/h6-7,9,11,13,16H,4-5,8,10H2,1-3H3. The Morgan fingerprint density at radius 3 is 2.69 bits per heavy atom. The summed E-state index contributed by atoms with van der Waals surface area (Å²) in [7, 11) is 2.12. The molecule has 1 unspecified atom stereocenters. The minimum absolute atomic E-state index is 0.163. The SMILES string of the molecule is Cc1cccc(N(C)CCCCC(C)O)c1. The number of nitrogens with zero attached hydrogens (tertiary/aromatic N) is 1. The lowest BCUT2D eigenvalue weighted by molar-refractivity contribution is 0.181. The quantitative estimate of drug-likeness (QED) is 0.746. The molecule has 0 aliphatic heterocycles. The van der Waals surface area contributed by atoms with E-state index >= 15 is 0 Å². The molecule has 0 aliphatic carbocycles. The molecule has 0 saturated heterocycles. The second-order valence-electron chi connectivity index (χ2n) is 4.61. The van der Waals surface area contributed by atoms with E-state index in [1.54, 1.807) is 0 Å². The zero-order chi connectivity index (χ0) is 12.0. The zero-order valence-electron chi connectivity index (χ0n) is 10.6. The van der Waals surface area contributed by atoms with Crippen LogP contribution in [0.4, 0.5) is 5.69 Å². The first-order valence-electron chi connectivity index (χ1n) is 6.05. The van der Waals surface area contributed by atoms with Crippen LogP contribution in [0.25, 0.3) is 0 Å². The molecule has 0 bridgehead atoms. The molecule has 2 heteroatoms. The Balaban J connectivity index is 2.32. The van der Waals surface area contributed by atoms with Crippen LogP contribution in [0, 0.1) is 6.92 Å². The minimum atomic E-state index is -0.163. The Kier molecular flexibility index (Phi) is 5.33. The first-order chi connectivity index (χ1) is 7.59. The Bertz CT molecular complexity index is 309. The molecule has 2 nitrogen and oxygen atoms in total. The third kappa shape index (κ3) is 4.67. The van der Waals surface area contributed by atoms with Crippen LogP contribution in [-0.4, -0.2) is 24.8 Å². The molecule has 0 heterocycles. The summed E-state index contributed by atoms with van der Waals surface area (Å²) < 4.78 is 0. The lowest BCUT2D eigenvalue weighted by atomic mass is 10.1. The molecule has 0 saturated carbocycles. The highest BCUT2D eigenvalue weighted by molar-refractivity contribution is 5.47. The number of aliphatic hydroxyl groups is 1. The number of benzene rings is 1. The molecule has 0 amide bonds. The van der Waals surface area contributed by atoms with Crippen LogP contribution in [0.5, 0.6) is 0 Å². The molecule has 1 atom stereocenters. The average molecular weight is 221 g/mol. The van der Waals surface area contributed by atoms with Crippen molar-refractivity contribution in [1.29, 1.82) is 0 Å². The summed E-state index contributed by atoms with van der Waals surface area (Å²) in [6.45, 7) is 5.02. The second kappa shape index (κ2) is 6.54. The van der Waals surface area contributed by atoms with E-state index in [9.17, 15) is 0 Å². The van der Waals surface area contributed by atoms with Gasteiger partial charge in [0.05, 0.1) is 6.10 Å². The summed E-state index contributed by atoms with van der Waals surface area (Å²) in [5.41, 5.74) is 2.57. The summed E-state index contributed by atoms with van der Waals surface area (Å²) in [5.74, 6) is 0. The molecular formula is C14H23NO. The van der Waals surface area contributed by atoms with Crippen LogP contribution in [0.2, 0.25) is 0 Å². The largest absolute Gasteiger partial charge is 0.393 e. The van der Waals surface area contributed by atoms with Gasteiger partial charge in [0.2, 0.25) is 0 Å². The van der Waals surface area contributed by atoms with Gasteiger partial charge in [-0.15, -0.1) is 0 Å². The molecule has 1 N–H and O–H groups in total. The van der Waals surface area contributed by atoms with E-state index in [0.29, 0.717) is 0 Å². The number of aryl methyl sites for hydroxylation is 1. The number of rotatable bonds is 6. The molecule has 16 heavy (non-hydrogen) atoms. The normalized spacial score (nSPS) is 12.5. The van der Waals surface area contributed by atoms with Gasteiger partial charge in [-0.3, -0.25) is 0 Å². The molecule has 1 rings (SSSR count). The van der Waals surface area contributed by atoms with Crippen molar-refractivity contribution >= 4 is 5.69 Å². The van der Waals surface area contributed by atoms with E-state index in [2.05, 4.69) is 43.1 Å². The highest BCUT2D eigenvalue weighted by atomic mass is 16.3. The Labute approximate surface area is 98.9 Å². The van der Waals surface area contributed by atoms with Crippen molar-refractivity contribution in [1.82, 2.24) is 0 Å². The molecule has 1 aromatic carbocycles. The summed E-state index contributed by atoms with van der Waals surface area (Å²) in [6.07, 6.45) is 2.97. The minimum Gasteiger partial charge on any atom is -0.393 e. The predicted molar refractivity (Wildman–Crippen MR) is 70.0 cm³/mol. The first kappa shape index (κ1) is 13.0. The van der Waals surface area contributed by atoms with Crippen molar-refractivity contribution in [2.45, 2.75) is 39.2 Å². The zero-order valence-corrected chi connectivity index (χ0v) is 10.6. The van der Waals surface area contributed by atoms with Gasteiger partial charge in [0.15, 0.2) is 0 Å². The highest BCUT2D eigenvalue weighted by Crippen LogP contribution is 2.15. The van der Waals surface area contributed by atoms with E-state index in [-0.39, 0.29) is 6.10 Å². The van der Waals surface area contributed by atoms with Gasteiger partial charge in [0.25, 0.3) is 0 Å². The predicted octanol–water partition coefficient (Wildman–Crippen LogP) is 2.98. The fraction of sp³-hybridized carbons (Fsp3) is 0.571. The van der Waals surface area contributed by atoms with Crippen LogP contribution in [-0.2, 0) is 0 Å². The molecular weight excluding hydrogens is 198 g/mol. The first-order valence-corrected chi connectivity index (χ1v) is 6.05. The number of hydrogen-bond acceptors (Lipinski definition) is 2. The maximum Gasteiger partial charge on any atom is 0.0512 e. The maximum absolute atomic E-state index is 9.16. The van der Waals surface area contributed by atoms with Gasteiger partial charge in [-0.2, -0.15) is 0 Å². The van der Waals surface area contributed by atoms with Crippen molar-refractivity contribution < 1.29 is 5.11 Å². The fourth-order valence-corrected chi connectivity index (χ4v) is 1.78. The molecule has 90 valence electrons. The van der Waals surface area contributed by atoms with Crippen molar-refractivity contribution in [3.8, 4) is 0 Å². The average Bonchev–Trinajstić information content (AvgIpc) is 2.24. The highest BCUT2D eigenvalue weighted by Gasteiger charge is 2.01. The maximum atomic E-state index is 9.16. The van der Waals surface area contributed by atoms with Gasteiger partial charge < -0.3 is 10.0 Å². The molecule has 0 aliphatic rings. The third-order valence-electron chi connectivity index (χ3n) is 2.81. The van der Waals surface area contributed by atoms with Gasteiger partial charge >= 0.3 is 0 Å². The van der Waals surface area contributed by atoms with E-state index < -0.39 is 0 Å². The van der Waals surface area contributed by atoms with Crippen molar-refractivity contribution in [3.63, 3.8) is 0 Å². The van der Waals surface area contributed by atoms with Gasteiger partial charge in [-0.25, -0.2) is 0 Å². The van der Waals surface area contributed by atoms with Gasteiger partial charge in [0, 0.05) is 19.3 Å². The van der Waals surface area contributed by atoms with Crippen LogP contribution < -0.4 is 4.90 Å². The van der Waals surface area contributed by atoms with Gasteiger partial charge in [-0.05, 0) is 50.8 Å². The molecule has 0 fully saturated rings. The van der Waals surface area contributed by atoms with E-state index in [1.807, 2.05) is 6.92 Å². The van der Waals surface area contributed by atoms with Gasteiger partial charge in [-0.1, -0.05) is 12.1 Å². The van der Waals surface area contributed by atoms with Crippen molar-refractivity contribution in [2.75, 3.05) is 18.5 Å². The molecule has 0 aromatic heterocycles. The summed E-state index contributed by atoms with van der Waals surface area (Å²) in [4.78, 5) is 2.27. The summed E-state index contributed by atoms with van der Waals surface area (Å²) >= 11 is 0. The number of anilines is 1. The van der Waals surface area contributed by atoms with Gasteiger partial charge in [0.1, 0.15) is 0 Å².